The van der Waals surface area contributed by atoms with Gasteiger partial charge in [0.2, 0.25) is 5.91 Å². The second kappa shape index (κ2) is 10.2. The third-order valence-electron chi connectivity index (χ3n) is 4.63. The van der Waals surface area contributed by atoms with Gasteiger partial charge in [-0.3, -0.25) is 9.36 Å². The minimum Gasteiger partial charge on any atom is -0.331 e. The minimum atomic E-state index is -0.489. The lowest BCUT2D eigenvalue weighted by atomic mass is 10.2. The van der Waals surface area contributed by atoms with Crippen LogP contribution < -0.4 is 10.2 Å². The minimum absolute atomic E-state index is 0.0894. The molecule has 0 aliphatic rings. The van der Waals surface area contributed by atoms with Crippen molar-refractivity contribution in [1.29, 1.82) is 0 Å². The molecule has 6 nitrogen and oxygen atoms in total. The quantitative estimate of drug-likeness (QED) is 0.472. The van der Waals surface area contributed by atoms with Crippen LogP contribution in [0.4, 0.5) is 10.1 Å². The Balaban J connectivity index is 1.82. The van der Waals surface area contributed by atoms with Crippen LogP contribution in [0, 0.1) is 5.82 Å². The first-order chi connectivity index (χ1) is 14.4. The molecule has 0 saturated heterocycles. The number of rotatable bonds is 8. The summed E-state index contributed by atoms with van der Waals surface area (Å²) in [5.74, 6) is 0.143. The number of benzene rings is 2. The molecule has 158 valence electrons. The normalized spacial score (nSPS) is 12.2. The van der Waals surface area contributed by atoms with Crippen LogP contribution >= 0.6 is 27.7 Å². The third-order valence-corrected chi connectivity index (χ3v) is 6.05. The summed E-state index contributed by atoms with van der Waals surface area (Å²) >= 11 is 4.48. The molecule has 0 saturated carbocycles. The molecule has 2 aromatic carbocycles. The number of anilines is 1. The largest absolute Gasteiger partial charge is 0.331 e. The van der Waals surface area contributed by atoms with Crippen molar-refractivity contribution < 1.29 is 14.1 Å². The molecule has 0 unspecified atom stereocenters. The van der Waals surface area contributed by atoms with E-state index in [0.717, 1.165) is 17.9 Å². The maximum atomic E-state index is 14.0. The fraction of sp³-hybridized carbons (Fsp3) is 0.286. The SMILES string of the molecule is CC[C@@H](c1nnc(SCC(=O)Nc2ccc(Br)cc2F)n1-c1ccccc1)[NH+](C)C. The topological polar surface area (TPSA) is 64.2 Å². The summed E-state index contributed by atoms with van der Waals surface area (Å²) in [4.78, 5) is 13.7. The summed E-state index contributed by atoms with van der Waals surface area (Å²) in [5.41, 5.74) is 1.09. The van der Waals surface area contributed by atoms with E-state index in [1.54, 1.807) is 6.07 Å². The van der Waals surface area contributed by atoms with Gasteiger partial charge in [0.25, 0.3) is 0 Å². The van der Waals surface area contributed by atoms with Crippen LogP contribution in [0.5, 0.6) is 0 Å². The molecule has 0 aliphatic carbocycles. The number of para-hydroxylation sites is 1. The number of aromatic nitrogens is 3. The van der Waals surface area contributed by atoms with Crippen molar-refractivity contribution in [3.63, 3.8) is 0 Å². The molecule has 1 heterocycles. The first kappa shape index (κ1) is 22.5. The highest BCUT2D eigenvalue weighted by Crippen LogP contribution is 2.26. The third kappa shape index (κ3) is 5.27. The van der Waals surface area contributed by atoms with Gasteiger partial charge in [-0.05, 0) is 30.3 Å². The fourth-order valence-corrected chi connectivity index (χ4v) is 4.27. The summed E-state index contributed by atoms with van der Waals surface area (Å²) in [5, 5.41) is 12.0. The lowest BCUT2D eigenvalue weighted by Gasteiger charge is -2.20. The Bertz CT molecular complexity index is 1010. The van der Waals surface area contributed by atoms with Gasteiger partial charge in [-0.2, -0.15) is 0 Å². The molecule has 9 heteroatoms. The van der Waals surface area contributed by atoms with Crippen molar-refractivity contribution in [2.75, 3.05) is 25.2 Å². The van der Waals surface area contributed by atoms with Gasteiger partial charge < -0.3 is 10.2 Å². The highest BCUT2D eigenvalue weighted by Gasteiger charge is 2.26. The van der Waals surface area contributed by atoms with E-state index in [0.29, 0.717) is 9.63 Å². The van der Waals surface area contributed by atoms with Crippen LogP contribution in [0.15, 0.2) is 58.2 Å². The van der Waals surface area contributed by atoms with Gasteiger partial charge in [0.1, 0.15) is 11.9 Å². The molecule has 0 fully saturated rings. The number of hydrogen-bond acceptors (Lipinski definition) is 4. The maximum Gasteiger partial charge on any atom is 0.234 e. The van der Waals surface area contributed by atoms with Crippen molar-refractivity contribution in [1.82, 2.24) is 14.8 Å². The molecule has 0 radical (unpaired) electrons. The van der Waals surface area contributed by atoms with Crippen LogP contribution in [0.3, 0.4) is 0 Å². The maximum absolute atomic E-state index is 14.0. The van der Waals surface area contributed by atoms with E-state index in [9.17, 15) is 9.18 Å². The van der Waals surface area contributed by atoms with Crippen molar-refractivity contribution in [2.24, 2.45) is 0 Å². The Morgan fingerprint density at radius 1 is 1.23 bits per heavy atom. The number of halogens is 2. The molecule has 0 bridgehead atoms. The average Bonchev–Trinajstić information content (AvgIpc) is 3.13. The van der Waals surface area contributed by atoms with Gasteiger partial charge in [0, 0.05) is 16.6 Å². The molecule has 0 aliphatic heterocycles. The summed E-state index contributed by atoms with van der Waals surface area (Å²) in [6.45, 7) is 2.12. The molecule has 2 N–H and O–H groups in total. The Morgan fingerprint density at radius 2 is 1.97 bits per heavy atom. The monoisotopic (exact) mass is 492 g/mol. The van der Waals surface area contributed by atoms with Crippen molar-refractivity contribution in [2.45, 2.75) is 24.5 Å². The number of hydrogen-bond donors (Lipinski definition) is 2. The Kier molecular flexibility index (Phi) is 7.63. The predicted molar refractivity (Wildman–Crippen MR) is 121 cm³/mol. The van der Waals surface area contributed by atoms with Crippen LogP contribution in [-0.4, -0.2) is 40.5 Å². The zero-order chi connectivity index (χ0) is 21.7. The lowest BCUT2D eigenvalue weighted by Crippen LogP contribution is -3.06. The van der Waals surface area contributed by atoms with Crippen LogP contribution in [0.2, 0.25) is 0 Å². The Morgan fingerprint density at radius 3 is 2.60 bits per heavy atom. The van der Waals surface area contributed by atoms with Crippen molar-refractivity contribution in [3.8, 4) is 5.69 Å². The predicted octanol–water partition coefficient (Wildman–Crippen LogP) is 3.50. The molecule has 3 aromatic rings. The summed E-state index contributed by atoms with van der Waals surface area (Å²) < 4.78 is 16.6. The number of thioether (sulfide) groups is 1. The molecule has 3 rings (SSSR count). The molecule has 1 amide bonds. The highest BCUT2D eigenvalue weighted by atomic mass is 79.9. The van der Waals surface area contributed by atoms with E-state index >= 15 is 0 Å². The smallest absolute Gasteiger partial charge is 0.234 e. The lowest BCUT2D eigenvalue weighted by molar-refractivity contribution is -0.893. The van der Waals surface area contributed by atoms with Crippen LogP contribution in [0.1, 0.15) is 25.2 Å². The summed E-state index contributed by atoms with van der Waals surface area (Å²) in [6, 6.07) is 14.5. The van der Waals surface area contributed by atoms with E-state index in [1.807, 2.05) is 34.9 Å². The highest BCUT2D eigenvalue weighted by molar-refractivity contribution is 9.10. The molecular weight excluding hydrogens is 469 g/mol. The van der Waals surface area contributed by atoms with E-state index in [-0.39, 0.29) is 23.4 Å². The molecule has 1 atom stereocenters. The summed E-state index contributed by atoms with van der Waals surface area (Å²) in [6.07, 6.45) is 0.904. The molecule has 0 spiro atoms. The zero-order valence-corrected chi connectivity index (χ0v) is 19.4. The van der Waals surface area contributed by atoms with E-state index in [4.69, 9.17) is 0 Å². The number of nitrogens with zero attached hydrogens (tertiary/aromatic N) is 3. The van der Waals surface area contributed by atoms with Gasteiger partial charge in [-0.25, -0.2) is 4.39 Å². The van der Waals surface area contributed by atoms with Gasteiger partial charge in [-0.1, -0.05) is 52.8 Å². The number of carbonyl (C=O) groups is 1. The van der Waals surface area contributed by atoms with Gasteiger partial charge >= 0.3 is 0 Å². The number of quaternary nitrogens is 1. The van der Waals surface area contributed by atoms with Gasteiger partial charge in [-0.15, -0.1) is 10.2 Å². The van der Waals surface area contributed by atoms with Crippen molar-refractivity contribution in [3.05, 3.63) is 64.6 Å². The van der Waals surface area contributed by atoms with Crippen molar-refractivity contribution >= 4 is 39.3 Å². The van der Waals surface area contributed by atoms with Gasteiger partial charge in [0.05, 0.1) is 25.5 Å². The van der Waals surface area contributed by atoms with E-state index in [1.165, 1.54) is 28.8 Å². The first-order valence-corrected chi connectivity index (χ1v) is 11.4. The van der Waals surface area contributed by atoms with E-state index < -0.39 is 5.82 Å². The van der Waals surface area contributed by atoms with Gasteiger partial charge in [0.15, 0.2) is 11.0 Å². The molecule has 30 heavy (non-hydrogen) atoms. The molecule has 1 aromatic heterocycles. The second-order valence-corrected chi connectivity index (χ2v) is 8.87. The van der Waals surface area contributed by atoms with Crippen LogP contribution in [0.25, 0.3) is 5.69 Å². The molecular formula is C21H24BrFN5OS+. The summed E-state index contributed by atoms with van der Waals surface area (Å²) in [7, 11) is 4.18. The van der Waals surface area contributed by atoms with Crippen LogP contribution in [-0.2, 0) is 4.79 Å². The number of carbonyl (C=O) groups excluding carboxylic acids is 1. The van der Waals surface area contributed by atoms with E-state index in [2.05, 4.69) is 52.5 Å². The Labute approximate surface area is 188 Å². The second-order valence-electron chi connectivity index (χ2n) is 7.01. The number of amides is 1. The standard InChI is InChI=1S/C21H23BrFN5OS/c1-4-18(27(2)3)20-25-26-21(28(20)15-8-6-5-7-9-15)30-13-19(29)24-17-11-10-14(22)12-16(17)23/h5-12,18H,4,13H2,1-3H3,(H,24,29)/p+1/t18-/m0/s1. The zero-order valence-electron chi connectivity index (χ0n) is 17.0. The first-order valence-electron chi connectivity index (χ1n) is 9.59. The Hall–Kier alpha value is -2.23. The fourth-order valence-electron chi connectivity index (χ4n) is 3.18. The number of nitrogens with one attached hydrogen (secondary N) is 2. The average molecular weight is 493 g/mol.